The van der Waals surface area contributed by atoms with Crippen LogP contribution >= 0.6 is 0 Å². The number of benzene rings is 1. The quantitative estimate of drug-likeness (QED) is 0.902. The summed E-state index contributed by atoms with van der Waals surface area (Å²) in [5, 5.41) is 11.6. The van der Waals surface area contributed by atoms with Crippen molar-refractivity contribution in [1.82, 2.24) is 5.32 Å². The third kappa shape index (κ3) is 4.40. The standard InChI is InChI=1S/C16H22N2O/c1-5-13(10-17)15(19)18-11-12-6-8-14(9-7-12)16(2,3)4/h6-9,13H,5,11H2,1-4H3,(H,18,19). The maximum absolute atomic E-state index is 11.7. The number of hydrogen-bond donors (Lipinski definition) is 1. The first-order chi connectivity index (χ1) is 8.88. The normalized spacial score (nSPS) is 12.6. The van der Waals surface area contributed by atoms with Crippen molar-refractivity contribution in [1.29, 1.82) is 5.26 Å². The highest BCUT2D eigenvalue weighted by atomic mass is 16.1. The zero-order chi connectivity index (χ0) is 14.5. The second-order valence-corrected chi connectivity index (χ2v) is 5.75. The average molecular weight is 258 g/mol. The Hall–Kier alpha value is -1.82. The molecule has 102 valence electrons. The van der Waals surface area contributed by atoms with Crippen molar-refractivity contribution in [3.05, 3.63) is 35.4 Å². The molecule has 0 radical (unpaired) electrons. The molecular weight excluding hydrogens is 236 g/mol. The smallest absolute Gasteiger partial charge is 0.237 e. The number of rotatable bonds is 4. The zero-order valence-corrected chi connectivity index (χ0v) is 12.2. The van der Waals surface area contributed by atoms with Crippen LogP contribution in [0.15, 0.2) is 24.3 Å². The largest absolute Gasteiger partial charge is 0.351 e. The summed E-state index contributed by atoms with van der Waals surface area (Å²) in [7, 11) is 0. The van der Waals surface area contributed by atoms with E-state index < -0.39 is 5.92 Å². The number of nitrogens with one attached hydrogen (secondary N) is 1. The molecule has 1 unspecified atom stereocenters. The van der Waals surface area contributed by atoms with Gasteiger partial charge in [-0.2, -0.15) is 5.26 Å². The van der Waals surface area contributed by atoms with Crippen LogP contribution in [0.3, 0.4) is 0 Å². The van der Waals surface area contributed by atoms with Crippen LogP contribution in [0, 0.1) is 17.2 Å². The summed E-state index contributed by atoms with van der Waals surface area (Å²) in [6.07, 6.45) is 0.547. The fourth-order valence-electron chi connectivity index (χ4n) is 1.77. The predicted octanol–water partition coefficient (Wildman–Crippen LogP) is 3.15. The van der Waals surface area contributed by atoms with Gasteiger partial charge in [-0.15, -0.1) is 0 Å². The Morgan fingerprint density at radius 2 is 1.89 bits per heavy atom. The van der Waals surface area contributed by atoms with E-state index in [4.69, 9.17) is 5.26 Å². The summed E-state index contributed by atoms with van der Waals surface area (Å²) < 4.78 is 0. The van der Waals surface area contributed by atoms with E-state index in [1.165, 1.54) is 5.56 Å². The van der Waals surface area contributed by atoms with E-state index in [1.807, 2.05) is 25.1 Å². The Kier molecular flexibility index (Phi) is 5.11. The van der Waals surface area contributed by atoms with Gasteiger partial charge in [0.2, 0.25) is 5.91 Å². The molecule has 3 heteroatoms. The van der Waals surface area contributed by atoms with E-state index in [1.54, 1.807) is 0 Å². The molecule has 1 atom stereocenters. The molecule has 0 aliphatic rings. The van der Waals surface area contributed by atoms with E-state index in [0.29, 0.717) is 13.0 Å². The first-order valence-corrected chi connectivity index (χ1v) is 6.65. The Morgan fingerprint density at radius 1 is 1.32 bits per heavy atom. The molecule has 1 N–H and O–H groups in total. The van der Waals surface area contributed by atoms with Gasteiger partial charge in [0.1, 0.15) is 5.92 Å². The summed E-state index contributed by atoms with van der Waals surface area (Å²) in [6, 6.07) is 10.2. The highest BCUT2D eigenvalue weighted by molar-refractivity contribution is 5.80. The van der Waals surface area contributed by atoms with Crippen LogP contribution in [-0.4, -0.2) is 5.91 Å². The zero-order valence-electron chi connectivity index (χ0n) is 12.2. The highest BCUT2D eigenvalue weighted by Crippen LogP contribution is 2.22. The number of nitriles is 1. The topological polar surface area (TPSA) is 52.9 Å². The number of amides is 1. The molecule has 3 nitrogen and oxygen atoms in total. The van der Waals surface area contributed by atoms with E-state index in [0.717, 1.165) is 5.56 Å². The van der Waals surface area contributed by atoms with Gasteiger partial charge in [0.05, 0.1) is 6.07 Å². The van der Waals surface area contributed by atoms with Crippen LogP contribution < -0.4 is 5.32 Å². The lowest BCUT2D eigenvalue weighted by Crippen LogP contribution is -2.29. The number of carbonyl (C=O) groups is 1. The molecule has 0 saturated carbocycles. The molecule has 0 fully saturated rings. The monoisotopic (exact) mass is 258 g/mol. The second-order valence-electron chi connectivity index (χ2n) is 5.75. The van der Waals surface area contributed by atoms with Gasteiger partial charge in [-0.25, -0.2) is 0 Å². The number of hydrogen-bond acceptors (Lipinski definition) is 2. The molecular formula is C16H22N2O. The summed E-state index contributed by atoms with van der Waals surface area (Å²) >= 11 is 0. The molecule has 1 aromatic carbocycles. The fourth-order valence-corrected chi connectivity index (χ4v) is 1.77. The lowest BCUT2D eigenvalue weighted by Gasteiger charge is -2.19. The number of carbonyl (C=O) groups excluding carboxylic acids is 1. The first kappa shape index (κ1) is 15.2. The van der Waals surface area contributed by atoms with E-state index in [2.05, 4.69) is 38.2 Å². The molecule has 1 rings (SSSR count). The van der Waals surface area contributed by atoms with Crippen LogP contribution in [0.25, 0.3) is 0 Å². The van der Waals surface area contributed by atoms with Crippen molar-refractivity contribution in [3.8, 4) is 6.07 Å². The van der Waals surface area contributed by atoms with Gasteiger partial charge in [-0.1, -0.05) is 52.0 Å². The fraction of sp³-hybridized carbons (Fsp3) is 0.500. The highest BCUT2D eigenvalue weighted by Gasteiger charge is 2.15. The molecule has 0 spiro atoms. The Bertz CT molecular complexity index is 463. The van der Waals surface area contributed by atoms with Crippen molar-refractivity contribution in [3.63, 3.8) is 0 Å². The van der Waals surface area contributed by atoms with Crippen molar-refractivity contribution >= 4 is 5.91 Å². The molecule has 0 bridgehead atoms. The lowest BCUT2D eigenvalue weighted by molar-refractivity contribution is -0.123. The Labute approximate surface area is 115 Å². The average Bonchev–Trinajstić information content (AvgIpc) is 2.37. The van der Waals surface area contributed by atoms with E-state index in [-0.39, 0.29) is 11.3 Å². The van der Waals surface area contributed by atoms with Gasteiger partial charge in [0, 0.05) is 6.54 Å². The van der Waals surface area contributed by atoms with Gasteiger partial charge < -0.3 is 5.32 Å². The van der Waals surface area contributed by atoms with Gasteiger partial charge >= 0.3 is 0 Å². The third-order valence-corrected chi connectivity index (χ3v) is 3.17. The maximum Gasteiger partial charge on any atom is 0.237 e. The molecule has 1 amide bonds. The minimum atomic E-state index is -0.547. The number of nitrogens with zero attached hydrogens (tertiary/aromatic N) is 1. The van der Waals surface area contributed by atoms with Crippen LogP contribution in [0.2, 0.25) is 0 Å². The van der Waals surface area contributed by atoms with Crippen molar-refractivity contribution < 1.29 is 4.79 Å². The van der Waals surface area contributed by atoms with Gasteiger partial charge in [-0.3, -0.25) is 4.79 Å². The summed E-state index contributed by atoms with van der Waals surface area (Å²) in [5.41, 5.74) is 2.45. The maximum atomic E-state index is 11.7. The third-order valence-electron chi connectivity index (χ3n) is 3.17. The summed E-state index contributed by atoms with van der Waals surface area (Å²) in [5.74, 6) is -0.737. The van der Waals surface area contributed by atoms with Crippen LogP contribution in [-0.2, 0) is 16.8 Å². The van der Waals surface area contributed by atoms with E-state index >= 15 is 0 Å². The van der Waals surface area contributed by atoms with Crippen molar-refractivity contribution in [2.45, 2.75) is 46.1 Å². The lowest BCUT2D eigenvalue weighted by atomic mass is 9.87. The summed E-state index contributed by atoms with van der Waals surface area (Å²) in [4.78, 5) is 11.7. The van der Waals surface area contributed by atoms with Gasteiger partial charge in [0.15, 0.2) is 0 Å². The van der Waals surface area contributed by atoms with Crippen LogP contribution in [0.5, 0.6) is 0 Å². The molecule has 0 aliphatic heterocycles. The molecule has 0 aromatic heterocycles. The first-order valence-electron chi connectivity index (χ1n) is 6.65. The Morgan fingerprint density at radius 3 is 2.32 bits per heavy atom. The van der Waals surface area contributed by atoms with E-state index in [9.17, 15) is 4.79 Å². The second kappa shape index (κ2) is 6.38. The minimum Gasteiger partial charge on any atom is -0.351 e. The molecule has 19 heavy (non-hydrogen) atoms. The SMILES string of the molecule is CCC(C#N)C(=O)NCc1ccc(C(C)(C)C)cc1. The summed E-state index contributed by atoms with van der Waals surface area (Å²) in [6.45, 7) is 8.82. The molecule has 1 aromatic rings. The van der Waals surface area contributed by atoms with Crippen LogP contribution in [0.4, 0.5) is 0 Å². The molecule has 0 aliphatic carbocycles. The van der Waals surface area contributed by atoms with Crippen molar-refractivity contribution in [2.24, 2.45) is 5.92 Å². The van der Waals surface area contributed by atoms with Gasteiger partial charge in [-0.05, 0) is 23.0 Å². The molecule has 0 heterocycles. The Balaban J connectivity index is 2.60. The molecule has 0 saturated heterocycles. The minimum absolute atomic E-state index is 0.135. The van der Waals surface area contributed by atoms with Crippen molar-refractivity contribution in [2.75, 3.05) is 0 Å². The predicted molar refractivity (Wildman–Crippen MR) is 76.4 cm³/mol. The van der Waals surface area contributed by atoms with Crippen LogP contribution in [0.1, 0.15) is 45.2 Å². The van der Waals surface area contributed by atoms with Gasteiger partial charge in [0.25, 0.3) is 0 Å².